The minimum Gasteiger partial charge on any atom is -0.345 e. The molecule has 1 aliphatic carbocycles. The molecule has 0 aliphatic heterocycles. The summed E-state index contributed by atoms with van der Waals surface area (Å²) in [5, 5.41) is 2.76. The number of carbonyl (C=O) groups is 2. The fourth-order valence-electron chi connectivity index (χ4n) is 4.41. The van der Waals surface area contributed by atoms with Crippen molar-refractivity contribution >= 4 is 11.7 Å². The zero-order chi connectivity index (χ0) is 24.4. The molecular weight excluding hydrogens is 433 g/mol. The third-order valence-corrected chi connectivity index (χ3v) is 6.52. The van der Waals surface area contributed by atoms with Crippen LogP contribution in [0.5, 0.6) is 0 Å². The van der Waals surface area contributed by atoms with E-state index in [1.165, 1.54) is 18.6 Å². The summed E-state index contributed by atoms with van der Waals surface area (Å²) in [5.74, 6) is -0.396. The first-order valence-electron chi connectivity index (χ1n) is 11.8. The van der Waals surface area contributed by atoms with Crippen molar-refractivity contribution in [2.75, 3.05) is 13.1 Å². The maximum absolute atomic E-state index is 13.1. The molecule has 0 bridgehead atoms. The Kier molecular flexibility index (Phi) is 10.8. The normalized spacial score (nSPS) is 17.1. The zero-order valence-corrected chi connectivity index (χ0v) is 19.1. The Labute approximate surface area is 193 Å². The molecule has 6 nitrogen and oxygen atoms in total. The Balaban J connectivity index is 2.08. The summed E-state index contributed by atoms with van der Waals surface area (Å²) in [7, 11) is 0. The van der Waals surface area contributed by atoms with Crippen LogP contribution in [0, 0.1) is 11.8 Å². The van der Waals surface area contributed by atoms with Crippen molar-refractivity contribution < 1.29 is 22.8 Å². The number of alkyl halides is 3. The number of benzene rings is 1. The SMILES string of the molecule is NCC(CN)C[C@H](N)C(=O)NC(CCC1CCCCC1)C(=O)Cc1cccc(C(F)(F)F)c1. The monoisotopic (exact) mass is 470 g/mol. The van der Waals surface area contributed by atoms with Gasteiger partial charge >= 0.3 is 6.18 Å². The Morgan fingerprint density at radius 3 is 2.36 bits per heavy atom. The summed E-state index contributed by atoms with van der Waals surface area (Å²) < 4.78 is 39.1. The van der Waals surface area contributed by atoms with Crippen LogP contribution in [0.2, 0.25) is 0 Å². The minimum absolute atomic E-state index is 0.104. The van der Waals surface area contributed by atoms with Crippen LogP contribution in [0.25, 0.3) is 0 Å². The van der Waals surface area contributed by atoms with Gasteiger partial charge in [-0.15, -0.1) is 0 Å². The van der Waals surface area contributed by atoms with Gasteiger partial charge in [0.15, 0.2) is 5.78 Å². The van der Waals surface area contributed by atoms with E-state index in [1.807, 2.05) is 0 Å². The number of halogens is 3. The Morgan fingerprint density at radius 2 is 1.76 bits per heavy atom. The molecule has 2 rings (SSSR count). The molecule has 1 aromatic carbocycles. The van der Waals surface area contributed by atoms with Crippen LogP contribution in [0.4, 0.5) is 13.2 Å². The number of Topliss-reactive ketones (excluding diaryl/α,β-unsaturated/α-hetero) is 1. The summed E-state index contributed by atoms with van der Waals surface area (Å²) in [6.45, 7) is 0.605. The standard InChI is InChI=1S/C24H37F3N4O2/c25-24(26,27)19-8-4-7-17(11-19)13-22(32)21(10-9-16-5-2-1-3-6-16)31-23(33)20(30)12-18(14-28)15-29/h4,7-8,11,16,18,20-21H,1-3,5-6,9-10,12-15,28-30H2,(H,31,33)/t20-,21?/m0/s1. The number of amides is 1. The van der Waals surface area contributed by atoms with Gasteiger partial charge in [-0.1, -0.05) is 50.3 Å². The van der Waals surface area contributed by atoms with Gasteiger partial charge in [-0.3, -0.25) is 9.59 Å². The summed E-state index contributed by atoms with van der Waals surface area (Å²) in [4.78, 5) is 25.8. The number of ketones is 1. The summed E-state index contributed by atoms with van der Waals surface area (Å²) in [6, 6.07) is 3.08. The molecule has 1 saturated carbocycles. The Bertz CT molecular complexity index is 762. The second-order valence-corrected chi connectivity index (χ2v) is 9.16. The number of rotatable bonds is 12. The van der Waals surface area contributed by atoms with Crippen molar-refractivity contribution in [3.63, 3.8) is 0 Å². The molecule has 186 valence electrons. The summed E-state index contributed by atoms with van der Waals surface area (Å²) >= 11 is 0. The molecule has 1 aromatic rings. The van der Waals surface area contributed by atoms with E-state index in [2.05, 4.69) is 5.32 Å². The highest BCUT2D eigenvalue weighted by atomic mass is 19.4. The number of hydrogen-bond donors (Lipinski definition) is 4. The molecule has 0 aromatic heterocycles. The highest BCUT2D eigenvalue weighted by Crippen LogP contribution is 2.30. The molecule has 1 aliphatic rings. The topological polar surface area (TPSA) is 124 Å². The molecule has 1 fully saturated rings. The minimum atomic E-state index is -4.48. The lowest BCUT2D eigenvalue weighted by Crippen LogP contribution is -2.50. The van der Waals surface area contributed by atoms with Crippen molar-refractivity contribution in [2.45, 2.75) is 76.0 Å². The van der Waals surface area contributed by atoms with Gasteiger partial charge in [0.2, 0.25) is 5.91 Å². The van der Waals surface area contributed by atoms with E-state index in [0.717, 1.165) is 44.2 Å². The van der Waals surface area contributed by atoms with Gasteiger partial charge in [0, 0.05) is 6.42 Å². The molecule has 1 unspecified atom stereocenters. The highest BCUT2D eigenvalue weighted by Gasteiger charge is 2.31. The number of hydrogen-bond acceptors (Lipinski definition) is 5. The van der Waals surface area contributed by atoms with Gasteiger partial charge in [-0.2, -0.15) is 13.2 Å². The molecule has 1 amide bonds. The van der Waals surface area contributed by atoms with Gasteiger partial charge in [0.1, 0.15) is 0 Å². The van der Waals surface area contributed by atoms with Crippen LogP contribution in [-0.4, -0.2) is 36.9 Å². The first-order chi connectivity index (χ1) is 15.6. The summed E-state index contributed by atoms with van der Waals surface area (Å²) in [5.41, 5.74) is 16.8. The van der Waals surface area contributed by atoms with Crippen LogP contribution in [0.1, 0.15) is 62.5 Å². The van der Waals surface area contributed by atoms with Crippen LogP contribution in [0.3, 0.4) is 0 Å². The van der Waals surface area contributed by atoms with E-state index in [1.54, 1.807) is 0 Å². The lowest BCUT2D eigenvalue weighted by Gasteiger charge is -2.26. The Morgan fingerprint density at radius 1 is 1.09 bits per heavy atom. The summed E-state index contributed by atoms with van der Waals surface area (Å²) in [6.07, 6.45) is 2.56. The van der Waals surface area contributed by atoms with Crippen molar-refractivity contribution in [3.05, 3.63) is 35.4 Å². The van der Waals surface area contributed by atoms with E-state index in [-0.39, 0.29) is 23.7 Å². The highest BCUT2D eigenvalue weighted by molar-refractivity contribution is 5.91. The van der Waals surface area contributed by atoms with Gasteiger partial charge in [-0.05, 0) is 55.8 Å². The van der Waals surface area contributed by atoms with Gasteiger partial charge in [-0.25, -0.2) is 0 Å². The second-order valence-electron chi connectivity index (χ2n) is 9.16. The third kappa shape index (κ3) is 9.06. The van der Waals surface area contributed by atoms with E-state index in [0.29, 0.717) is 31.8 Å². The van der Waals surface area contributed by atoms with Crippen LogP contribution < -0.4 is 22.5 Å². The van der Waals surface area contributed by atoms with E-state index >= 15 is 0 Å². The first-order valence-corrected chi connectivity index (χ1v) is 11.8. The zero-order valence-electron chi connectivity index (χ0n) is 19.1. The van der Waals surface area contributed by atoms with Crippen LogP contribution in [0.15, 0.2) is 24.3 Å². The quantitative estimate of drug-likeness (QED) is 0.374. The van der Waals surface area contributed by atoms with Crippen molar-refractivity contribution in [1.29, 1.82) is 0 Å². The molecule has 9 heteroatoms. The molecular formula is C24H37F3N4O2. The van der Waals surface area contributed by atoms with Crippen molar-refractivity contribution in [2.24, 2.45) is 29.0 Å². The molecule has 0 heterocycles. The average Bonchev–Trinajstić information content (AvgIpc) is 2.80. The molecule has 33 heavy (non-hydrogen) atoms. The Hall–Kier alpha value is -1.97. The number of nitrogens with two attached hydrogens (primary N) is 3. The fourth-order valence-corrected chi connectivity index (χ4v) is 4.41. The maximum Gasteiger partial charge on any atom is 0.416 e. The van der Waals surface area contributed by atoms with Crippen LogP contribution in [-0.2, 0) is 22.2 Å². The maximum atomic E-state index is 13.1. The fraction of sp³-hybridized carbons (Fsp3) is 0.667. The lowest BCUT2D eigenvalue weighted by atomic mass is 9.84. The van der Waals surface area contributed by atoms with E-state index < -0.39 is 29.7 Å². The van der Waals surface area contributed by atoms with Crippen molar-refractivity contribution in [3.8, 4) is 0 Å². The molecule has 0 radical (unpaired) electrons. The second kappa shape index (κ2) is 13.1. The van der Waals surface area contributed by atoms with E-state index in [4.69, 9.17) is 17.2 Å². The first kappa shape index (κ1) is 27.3. The molecule has 0 spiro atoms. The third-order valence-electron chi connectivity index (χ3n) is 6.52. The molecule has 2 atom stereocenters. The van der Waals surface area contributed by atoms with Crippen molar-refractivity contribution in [1.82, 2.24) is 5.32 Å². The van der Waals surface area contributed by atoms with Gasteiger partial charge < -0.3 is 22.5 Å². The predicted molar refractivity (Wildman–Crippen MR) is 122 cm³/mol. The van der Waals surface area contributed by atoms with Crippen LogP contribution >= 0.6 is 0 Å². The van der Waals surface area contributed by atoms with Gasteiger partial charge in [0.25, 0.3) is 0 Å². The smallest absolute Gasteiger partial charge is 0.345 e. The predicted octanol–water partition coefficient (Wildman–Crippen LogP) is 2.91. The average molecular weight is 471 g/mol. The molecule has 0 saturated heterocycles. The number of nitrogens with one attached hydrogen (secondary N) is 1. The lowest BCUT2D eigenvalue weighted by molar-refractivity contribution is -0.137. The largest absolute Gasteiger partial charge is 0.416 e. The number of carbonyl (C=O) groups excluding carboxylic acids is 2. The molecule has 7 N–H and O–H groups in total. The van der Waals surface area contributed by atoms with Gasteiger partial charge in [0.05, 0.1) is 17.6 Å². The van der Waals surface area contributed by atoms with E-state index in [9.17, 15) is 22.8 Å².